The molecule has 0 bridgehead atoms. The highest BCUT2D eigenvalue weighted by Gasteiger charge is 2.46. The van der Waals surface area contributed by atoms with Crippen LogP contribution in [0.1, 0.15) is 40.5 Å². The number of sulfonamides is 1. The van der Waals surface area contributed by atoms with E-state index < -0.39 is 10.0 Å². The van der Waals surface area contributed by atoms with E-state index in [0.29, 0.717) is 17.8 Å². The second kappa shape index (κ2) is 5.70. The summed E-state index contributed by atoms with van der Waals surface area (Å²) in [6.07, 6.45) is 3.78. The zero-order chi connectivity index (χ0) is 13.2. The minimum Gasteiger partial charge on any atom is -0.213 e. The fraction of sp³-hybridized carbons (Fsp3) is 1.00. The van der Waals surface area contributed by atoms with Crippen LogP contribution >= 0.6 is 0 Å². The van der Waals surface area contributed by atoms with Crippen LogP contribution in [0, 0.1) is 23.7 Å². The Morgan fingerprint density at radius 2 is 1.71 bits per heavy atom. The van der Waals surface area contributed by atoms with Crippen molar-refractivity contribution in [3.8, 4) is 0 Å². The molecular formula is C13H27NO2S. The van der Waals surface area contributed by atoms with Gasteiger partial charge in [0.15, 0.2) is 0 Å². The number of rotatable bonds is 1. The Labute approximate surface area is 107 Å². The topological polar surface area (TPSA) is 37.4 Å². The zero-order valence-corrected chi connectivity index (χ0v) is 12.6. The number of hydrogen-bond acceptors (Lipinski definition) is 2. The minimum atomic E-state index is -2.95. The molecule has 1 heterocycles. The molecule has 1 saturated carbocycles. The lowest BCUT2D eigenvalue weighted by atomic mass is 9.91. The van der Waals surface area contributed by atoms with Crippen LogP contribution in [0.4, 0.5) is 0 Å². The van der Waals surface area contributed by atoms with Crippen molar-refractivity contribution in [2.24, 2.45) is 23.7 Å². The summed E-state index contributed by atoms with van der Waals surface area (Å²) in [4.78, 5) is 0. The molecule has 4 unspecified atom stereocenters. The molecule has 1 saturated heterocycles. The fourth-order valence-electron chi connectivity index (χ4n) is 3.09. The normalized spacial score (nSPS) is 37.5. The van der Waals surface area contributed by atoms with Crippen LogP contribution < -0.4 is 0 Å². The molecule has 0 aromatic carbocycles. The van der Waals surface area contributed by atoms with Gasteiger partial charge in [-0.05, 0) is 30.1 Å². The van der Waals surface area contributed by atoms with Gasteiger partial charge in [0.2, 0.25) is 10.0 Å². The molecular weight excluding hydrogens is 234 g/mol. The Morgan fingerprint density at radius 1 is 1.18 bits per heavy atom. The molecule has 0 amide bonds. The summed E-state index contributed by atoms with van der Waals surface area (Å²) < 4.78 is 24.4. The van der Waals surface area contributed by atoms with Gasteiger partial charge in [-0.2, -0.15) is 0 Å². The number of nitrogens with zero attached hydrogens (tertiary/aromatic N) is 1. The van der Waals surface area contributed by atoms with E-state index >= 15 is 0 Å². The largest absolute Gasteiger partial charge is 0.213 e. The van der Waals surface area contributed by atoms with Crippen LogP contribution in [0.5, 0.6) is 0 Å². The first-order chi connectivity index (χ1) is 7.81. The Hall–Kier alpha value is -0.0900. The van der Waals surface area contributed by atoms with E-state index in [1.807, 2.05) is 0 Å². The highest BCUT2D eigenvalue weighted by molar-refractivity contribution is 7.88. The lowest BCUT2D eigenvalue weighted by molar-refractivity contribution is 0.336. The zero-order valence-electron chi connectivity index (χ0n) is 11.8. The predicted octanol–water partition coefficient (Wildman–Crippen LogP) is 2.59. The first-order valence-corrected chi connectivity index (χ1v) is 8.61. The molecule has 1 aliphatic heterocycles. The van der Waals surface area contributed by atoms with Gasteiger partial charge in [0, 0.05) is 13.1 Å². The van der Waals surface area contributed by atoms with Crippen molar-refractivity contribution in [2.45, 2.75) is 40.5 Å². The van der Waals surface area contributed by atoms with E-state index in [1.165, 1.54) is 19.1 Å². The van der Waals surface area contributed by atoms with Crippen LogP contribution in [0.3, 0.4) is 0 Å². The van der Waals surface area contributed by atoms with E-state index in [4.69, 9.17) is 0 Å². The van der Waals surface area contributed by atoms with Gasteiger partial charge in [-0.1, -0.05) is 34.1 Å². The third-order valence-corrected chi connectivity index (χ3v) is 5.41. The Kier molecular flexibility index (Phi) is 5.02. The molecule has 0 radical (unpaired) electrons. The van der Waals surface area contributed by atoms with E-state index in [1.54, 1.807) is 4.31 Å². The average Bonchev–Trinajstić information content (AvgIpc) is 2.70. The monoisotopic (exact) mass is 261 g/mol. The first-order valence-electron chi connectivity index (χ1n) is 6.76. The molecule has 2 rings (SSSR count). The van der Waals surface area contributed by atoms with Crippen molar-refractivity contribution >= 4 is 10.0 Å². The Morgan fingerprint density at radius 3 is 2.12 bits per heavy atom. The molecule has 0 aromatic rings. The highest BCUT2D eigenvalue weighted by atomic mass is 32.2. The Bertz CT molecular complexity index is 339. The van der Waals surface area contributed by atoms with Crippen molar-refractivity contribution in [1.82, 2.24) is 4.31 Å². The lowest BCUT2D eigenvalue weighted by Gasteiger charge is -2.19. The summed E-state index contributed by atoms with van der Waals surface area (Å²) in [5.74, 6) is 2.69. The van der Waals surface area contributed by atoms with Crippen LogP contribution in [0.25, 0.3) is 0 Å². The van der Waals surface area contributed by atoms with Gasteiger partial charge >= 0.3 is 0 Å². The molecule has 0 aromatic heterocycles. The SMILES string of the molecule is CC1CC2CN(S(C)(=O)=O)CC2C1C.CCC. The average molecular weight is 261 g/mol. The third kappa shape index (κ3) is 3.44. The molecule has 2 fully saturated rings. The van der Waals surface area contributed by atoms with Crippen molar-refractivity contribution in [2.75, 3.05) is 19.3 Å². The summed E-state index contributed by atoms with van der Waals surface area (Å²) in [5, 5.41) is 0. The van der Waals surface area contributed by atoms with Gasteiger partial charge in [-0.3, -0.25) is 0 Å². The van der Waals surface area contributed by atoms with E-state index in [2.05, 4.69) is 27.7 Å². The maximum Gasteiger partial charge on any atom is 0.211 e. The molecule has 4 heteroatoms. The fourth-order valence-corrected chi connectivity index (χ4v) is 3.99. The third-order valence-electron chi connectivity index (χ3n) is 4.17. The first kappa shape index (κ1) is 15.0. The van der Waals surface area contributed by atoms with Gasteiger partial charge in [-0.25, -0.2) is 12.7 Å². The van der Waals surface area contributed by atoms with Gasteiger partial charge in [0.05, 0.1) is 6.26 Å². The molecule has 4 atom stereocenters. The van der Waals surface area contributed by atoms with E-state index in [9.17, 15) is 8.42 Å². The number of hydrogen-bond donors (Lipinski definition) is 0. The van der Waals surface area contributed by atoms with E-state index in [0.717, 1.165) is 19.0 Å². The molecule has 2 aliphatic rings. The molecule has 17 heavy (non-hydrogen) atoms. The van der Waals surface area contributed by atoms with Crippen LogP contribution in [0.15, 0.2) is 0 Å². The van der Waals surface area contributed by atoms with Gasteiger partial charge in [0.1, 0.15) is 0 Å². The molecule has 0 spiro atoms. The van der Waals surface area contributed by atoms with Gasteiger partial charge < -0.3 is 0 Å². The molecule has 102 valence electrons. The molecule has 0 N–H and O–H groups in total. The maximum atomic E-state index is 11.4. The van der Waals surface area contributed by atoms with Gasteiger partial charge in [0.25, 0.3) is 0 Å². The summed E-state index contributed by atoms with van der Waals surface area (Å²) in [5.41, 5.74) is 0. The standard InChI is InChI=1S/C10H19NO2S.C3H8/c1-7-4-9-5-11(14(3,12)13)6-10(9)8(7)2;1-3-2/h7-10H,4-6H2,1-3H3;3H2,1-2H3. The van der Waals surface area contributed by atoms with Crippen molar-refractivity contribution in [1.29, 1.82) is 0 Å². The van der Waals surface area contributed by atoms with E-state index in [-0.39, 0.29) is 0 Å². The molecule has 3 nitrogen and oxygen atoms in total. The number of fused-ring (bicyclic) bond motifs is 1. The second-order valence-corrected chi connectivity index (χ2v) is 7.77. The summed E-state index contributed by atoms with van der Waals surface area (Å²) in [6, 6.07) is 0. The second-order valence-electron chi connectivity index (χ2n) is 5.78. The van der Waals surface area contributed by atoms with Crippen LogP contribution in [-0.4, -0.2) is 32.1 Å². The quantitative estimate of drug-likeness (QED) is 0.727. The smallest absolute Gasteiger partial charge is 0.211 e. The van der Waals surface area contributed by atoms with Crippen LogP contribution in [0.2, 0.25) is 0 Å². The van der Waals surface area contributed by atoms with Crippen molar-refractivity contribution in [3.05, 3.63) is 0 Å². The predicted molar refractivity (Wildman–Crippen MR) is 72.3 cm³/mol. The summed E-state index contributed by atoms with van der Waals surface area (Å²) in [6.45, 7) is 10.3. The summed E-state index contributed by atoms with van der Waals surface area (Å²) >= 11 is 0. The summed E-state index contributed by atoms with van der Waals surface area (Å²) in [7, 11) is -2.95. The Balaban J connectivity index is 0.000000437. The highest BCUT2D eigenvalue weighted by Crippen LogP contribution is 2.45. The maximum absolute atomic E-state index is 11.4. The van der Waals surface area contributed by atoms with Gasteiger partial charge in [-0.15, -0.1) is 0 Å². The lowest BCUT2D eigenvalue weighted by Crippen LogP contribution is -2.29. The van der Waals surface area contributed by atoms with Crippen molar-refractivity contribution < 1.29 is 8.42 Å². The van der Waals surface area contributed by atoms with Crippen LogP contribution in [-0.2, 0) is 10.0 Å². The van der Waals surface area contributed by atoms with Crippen molar-refractivity contribution in [3.63, 3.8) is 0 Å². The minimum absolute atomic E-state index is 0.611. The molecule has 1 aliphatic carbocycles.